The molecule has 0 bridgehead atoms. The highest BCUT2D eigenvalue weighted by atomic mass is 35.5. The molecule has 5 nitrogen and oxygen atoms in total. The number of methoxy groups -OCH3 is 1. The van der Waals surface area contributed by atoms with Gasteiger partial charge in [-0.25, -0.2) is 13.1 Å². The largest absolute Gasteiger partial charge is 0.497 e. The van der Waals surface area contributed by atoms with Crippen molar-refractivity contribution in [1.29, 1.82) is 0 Å². The molecule has 1 saturated heterocycles. The first-order valence-corrected chi connectivity index (χ1v) is 10.7. The SMILES string of the molecule is COc1ccc(N2CCC(NS(=O)(=O)c3ccc(Cl)c(C(F)(F)F)c3)CC2)cc1. The summed E-state index contributed by atoms with van der Waals surface area (Å²) in [6.07, 6.45) is -3.66. The van der Waals surface area contributed by atoms with Crippen molar-refractivity contribution in [2.75, 3.05) is 25.1 Å². The minimum Gasteiger partial charge on any atom is -0.497 e. The van der Waals surface area contributed by atoms with E-state index in [0.717, 1.165) is 23.6 Å². The molecule has 29 heavy (non-hydrogen) atoms. The highest BCUT2D eigenvalue weighted by Gasteiger charge is 2.35. The van der Waals surface area contributed by atoms with Crippen LogP contribution in [0.3, 0.4) is 0 Å². The number of anilines is 1. The van der Waals surface area contributed by atoms with Crippen molar-refractivity contribution >= 4 is 27.3 Å². The van der Waals surface area contributed by atoms with Crippen LogP contribution < -0.4 is 14.4 Å². The van der Waals surface area contributed by atoms with Crippen molar-refractivity contribution in [3.05, 3.63) is 53.1 Å². The quantitative estimate of drug-likeness (QED) is 0.740. The summed E-state index contributed by atoms with van der Waals surface area (Å²) in [4.78, 5) is 1.67. The smallest absolute Gasteiger partial charge is 0.417 e. The van der Waals surface area contributed by atoms with Crippen molar-refractivity contribution in [3.63, 3.8) is 0 Å². The van der Waals surface area contributed by atoms with E-state index in [1.54, 1.807) is 7.11 Å². The molecule has 1 fully saturated rings. The summed E-state index contributed by atoms with van der Waals surface area (Å²) in [5, 5.41) is -0.538. The van der Waals surface area contributed by atoms with Gasteiger partial charge in [-0.2, -0.15) is 13.2 Å². The van der Waals surface area contributed by atoms with E-state index >= 15 is 0 Å². The molecule has 0 aliphatic carbocycles. The van der Waals surface area contributed by atoms with Crippen LogP contribution in [-0.2, 0) is 16.2 Å². The minimum absolute atomic E-state index is 0.362. The molecule has 0 saturated carbocycles. The molecule has 1 aliphatic heterocycles. The van der Waals surface area contributed by atoms with Crippen molar-refractivity contribution in [2.24, 2.45) is 0 Å². The summed E-state index contributed by atoms with van der Waals surface area (Å²) in [6, 6.07) is 9.78. The van der Waals surface area contributed by atoms with Crippen LogP contribution in [0.25, 0.3) is 0 Å². The zero-order valence-corrected chi connectivity index (χ0v) is 17.1. The Morgan fingerprint density at radius 1 is 1.10 bits per heavy atom. The molecule has 0 radical (unpaired) electrons. The van der Waals surface area contributed by atoms with E-state index < -0.39 is 31.7 Å². The summed E-state index contributed by atoms with van der Waals surface area (Å²) in [5.41, 5.74) is -0.170. The lowest BCUT2D eigenvalue weighted by atomic mass is 10.1. The number of ether oxygens (including phenoxy) is 1. The molecule has 1 heterocycles. The Morgan fingerprint density at radius 3 is 2.28 bits per heavy atom. The number of piperidine rings is 1. The second kappa shape index (κ2) is 8.41. The molecular weight excluding hydrogens is 429 g/mol. The highest BCUT2D eigenvalue weighted by Crippen LogP contribution is 2.36. The fourth-order valence-corrected chi connectivity index (χ4v) is 4.78. The third kappa shape index (κ3) is 5.15. The maximum absolute atomic E-state index is 13.0. The van der Waals surface area contributed by atoms with Crippen LogP contribution in [0.4, 0.5) is 18.9 Å². The van der Waals surface area contributed by atoms with Gasteiger partial charge in [0, 0.05) is 24.8 Å². The third-order valence-corrected chi connectivity index (χ3v) is 6.66. The number of nitrogens with zero attached hydrogens (tertiary/aromatic N) is 1. The first-order valence-electron chi connectivity index (χ1n) is 8.88. The maximum Gasteiger partial charge on any atom is 0.417 e. The number of alkyl halides is 3. The Bertz CT molecular complexity index is 958. The van der Waals surface area contributed by atoms with E-state index in [4.69, 9.17) is 16.3 Å². The molecule has 2 aromatic rings. The number of nitrogens with one attached hydrogen (secondary N) is 1. The molecule has 3 rings (SSSR count). The second-order valence-electron chi connectivity index (χ2n) is 6.72. The Hall–Kier alpha value is -1.97. The Morgan fingerprint density at radius 2 is 1.72 bits per heavy atom. The number of hydrogen-bond donors (Lipinski definition) is 1. The van der Waals surface area contributed by atoms with Crippen LogP contribution >= 0.6 is 11.6 Å². The summed E-state index contributed by atoms with van der Waals surface area (Å²) < 4.78 is 71.8. The summed E-state index contributed by atoms with van der Waals surface area (Å²) in [6.45, 7) is 1.24. The predicted octanol–water partition coefficient (Wildman–Crippen LogP) is 4.31. The van der Waals surface area contributed by atoms with Crippen LogP contribution in [0.2, 0.25) is 5.02 Å². The summed E-state index contributed by atoms with van der Waals surface area (Å²) >= 11 is 5.57. The maximum atomic E-state index is 13.0. The lowest BCUT2D eigenvalue weighted by Gasteiger charge is -2.33. The van der Waals surface area contributed by atoms with E-state index in [0.29, 0.717) is 32.0 Å². The van der Waals surface area contributed by atoms with E-state index in [1.807, 2.05) is 24.3 Å². The van der Waals surface area contributed by atoms with Crippen molar-refractivity contribution in [2.45, 2.75) is 30.0 Å². The van der Waals surface area contributed by atoms with Gasteiger partial charge >= 0.3 is 6.18 Å². The van der Waals surface area contributed by atoms with Crippen molar-refractivity contribution in [1.82, 2.24) is 4.72 Å². The van der Waals surface area contributed by atoms with E-state index in [-0.39, 0.29) is 6.04 Å². The zero-order valence-electron chi connectivity index (χ0n) is 15.5. The lowest BCUT2D eigenvalue weighted by Crippen LogP contribution is -2.44. The Kier molecular flexibility index (Phi) is 6.30. The van der Waals surface area contributed by atoms with Gasteiger partial charge in [-0.05, 0) is 55.3 Å². The van der Waals surface area contributed by atoms with E-state index in [2.05, 4.69) is 9.62 Å². The topological polar surface area (TPSA) is 58.6 Å². The number of hydrogen-bond acceptors (Lipinski definition) is 4. The van der Waals surface area contributed by atoms with Gasteiger partial charge in [-0.1, -0.05) is 11.6 Å². The van der Waals surface area contributed by atoms with E-state index in [9.17, 15) is 21.6 Å². The first kappa shape index (κ1) is 21.7. The Labute approximate surface area is 172 Å². The zero-order chi connectivity index (χ0) is 21.2. The van der Waals surface area contributed by atoms with E-state index in [1.165, 1.54) is 0 Å². The standard InChI is InChI=1S/C19H20ClF3N2O3S/c1-28-15-4-2-14(3-5-15)25-10-8-13(9-11-25)24-29(26,27)16-6-7-18(20)17(12-16)19(21,22)23/h2-7,12-13,24H,8-11H2,1H3. The molecule has 0 unspecified atom stereocenters. The molecule has 2 aromatic carbocycles. The molecule has 158 valence electrons. The lowest BCUT2D eigenvalue weighted by molar-refractivity contribution is -0.137. The third-order valence-electron chi connectivity index (χ3n) is 4.81. The van der Waals surface area contributed by atoms with Gasteiger partial charge in [-0.15, -0.1) is 0 Å². The second-order valence-corrected chi connectivity index (χ2v) is 8.84. The monoisotopic (exact) mass is 448 g/mol. The number of sulfonamides is 1. The van der Waals surface area contributed by atoms with Gasteiger partial charge in [0.2, 0.25) is 10.0 Å². The van der Waals surface area contributed by atoms with Gasteiger partial charge < -0.3 is 9.64 Å². The predicted molar refractivity (Wildman–Crippen MR) is 105 cm³/mol. The molecule has 10 heteroatoms. The molecular formula is C19H20ClF3N2O3S. The fraction of sp³-hybridized carbons (Fsp3) is 0.368. The average Bonchev–Trinajstić information content (AvgIpc) is 2.67. The van der Waals surface area contributed by atoms with Gasteiger partial charge in [-0.3, -0.25) is 0 Å². The van der Waals surface area contributed by atoms with Crippen LogP contribution in [-0.4, -0.2) is 34.7 Å². The molecule has 0 spiro atoms. The molecule has 0 amide bonds. The fourth-order valence-electron chi connectivity index (χ4n) is 3.22. The Balaban J connectivity index is 1.66. The minimum atomic E-state index is -4.73. The van der Waals surface area contributed by atoms with Crippen LogP contribution in [0.5, 0.6) is 5.75 Å². The highest BCUT2D eigenvalue weighted by molar-refractivity contribution is 7.89. The normalized spacial score (nSPS) is 16.1. The van der Waals surface area contributed by atoms with Crippen molar-refractivity contribution < 1.29 is 26.3 Å². The first-order chi connectivity index (χ1) is 13.6. The number of halogens is 4. The summed E-state index contributed by atoms with van der Waals surface area (Å²) in [5.74, 6) is 0.748. The van der Waals surface area contributed by atoms with Gasteiger partial charge in [0.1, 0.15) is 5.75 Å². The molecule has 1 N–H and O–H groups in total. The molecule has 0 atom stereocenters. The summed E-state index contributed by atoms with van der Waals surface area (Å²) in [7, 11) is -2.51. The molecule has 1 aliphatic rings. The molecule has 0 aromatic heterocycles. The van der Waals surface area contributed by atoms with Gasteiger partial charge in [0.25, 0.3) is 0 Å². The van der Waals surface area contributed by atoms with Crippen LogP contribution in [0.15, 0.2) is 47.4 Å². The van der Waals surface area contributed by atoms with Gasteiger partial charge in [0.05, 0.1) is 22.6 Å². The average molecular weight is 449 g/mol. The van der Waals surface area contributed by atoms with Crippen LogP contribution in [0.1, 0.15) is 18.4 Å². The number of benzene rings is 2. The van der Waals surface area contributed by atoms with Crippen molar-refractivity contribution in [3.8, 4) is 5.75 Å². The number of rotatable bonds is 5. The van der Waals surface area contributed by atoms with Gasteiger partial charge in [0.15, 0.2) is 0 Å². The van der Waals surface area contributed by atoms with Crippen LogP contribution in [0, 0.1) is 0 Å².